The third kappa shape index (κ3) is 4.95. The van der Waals surface area contributed by atoms with E-state index in [2.05, 4.69) is 26.9 Å². The monoisotopic (exact) mass is 438 g/mol. The summed E-state index contributed by atoms with van der Waals surface area (Å²) in [4.78, 5) is 21.5. The summed E-state index contributed by atoms with van der Waals surface area (Å²) in [6.07, 6.45) is 0.945. The maximum Gasteiger partial charge on any atom is 0.253 e. The van der Waals surface area contributed by atoms with Gasteiger partial charge in [-0.3, -0.25) is 9.69 Å². The molecule has 29 heavy (non-hydrogen) atoms. The molecule has 1 aromatic carbocycles. The number of nitrogens with one attached hydrogen (secondary N) is 1. The highest BCUT2D eigenvalue weighted by atomic mass is 32.2. The average Bonchev–Trinajstić information content (AvgIpc) is 3.21. The number of carbonyl (C=O) groups excluding carboxylic acids is 1. The first-order valence-corrected chi connectivity index (χ1v) is 11.8. The molecule has 1 aromatic heterocycles. The summed E-state index contributed by atoms with van der Waals surface area (Å²) in [6.45, 7) is 5.56. The van der Waals surface area contributed by atoms with Crippen molar-refractivity contribution < 1.29 is 17.9 Å². The number of aromatic nitrogens is 1. The van der Waals surface area contributed by atoms with Gasteiger partial charge in [-0.25, -0.2) is 18.1 Å². The zero-order valence-corrected chi connectivity index (χ0v) is 18.5. The fourth-order valence-electron chi connectivity index (χ4n) is 3.23. The van der Waals surface area contributed by atoms with E-state index in [1.807, 2.05) is 0 Å². The van der Waals surface area contributed by atoms with E-state index in [4.69, 9.17) is 4.74 Å². The van der Waals surface area contributed by atoms with E-state index in [9.17, 15) is 13.2 Å². The summed E-state index contributed by atoms with van der Waals surface area (Å²) >= 11 is 1.68. The topological polar surface area (TPSA) is 91.8 Å². The molecule has 0 saturated carbocycles. The van der Waals surface area contributed by atoms with E-state index in [-0.39, 0.29) is 16.6 Å². The number of methoxy groups -OCH3 is 1. The van der Waals surface area contributed by atoms with E-state index in [0.717, 1.165) is 36.8 Å². The normalized spacial score (nSPS) is 15.5. The van der Waals surface area contributed by atoms with Crippen LogP contribution in [0.3, 0.4) is 0 Å². The Morgan fingerprint density at radius 2 is 2.00 bits per heavy atom. The number of piperazine rings is 1. The molecule has 0 bridgehead atoms. The standard InChI is InChI=1S/C19H26N4O4S2/c1-4-18-21-15(13-28-18)12-22-7-9-23(10-8-22)19(24)14-5-6-16(27-3)17(11-14)29(25,26)20-2/h5-6,11,13,20H,4,7-10,12H2,1-3H3. The number of amides is 1. The third-order valence-electron chi connectivity index (χ3n) is 4.92. The van der Waals surface area contributed by atoms with Gasteiger partial charge in [-0.15, -0.1) is 11.3 Å². The Morgan fingerprint density at radius 3 is 2.59 bits per heavy atom. The van der Waals surface area contributed by atoms with Crippen LogP contribution < -0.4 is 9.46 Å². The molecule has 0 spiro atoms. The second-order valence-corrected chi connectivity index (χ2v) is 9.53. The van der Waals surface area contributed by atoms with Crippen molar-refractivity contribution in [3.8, 4) is 5.75 Å². The smallest absolute Gasteiger partial charge is 0.253 e. The highest BCUT2D eigenvalue weighted by Crippen LogP contribution is 2.25. The Kier molecular flexibility index (Phi) is 6.89. The molecule has 0 unspecified atom stereocenters. The van der Waals surface area contributed by atoms with E-state index < -0.39 is 10.0 Å². The first kappa shape index (κ1) is 21.7. The molecule has 2 heterocycles. The van der Waals surface area contributed by atoms with Gasteiger partial charge in [0.1, 0.15) is 10.6 Å². The third-order valence-corrected chi connectivity index (χ3v) is 7.39. The first-order chi connectivity index (χ1) is 13.9. The number of sulfonamides is 1. The molecule has 0 aliphatic carbocycles. The maximum atomic E-state index is 12.9. The second kappa shape index (κ2) is 9.21. The lowest BCUT2D eigenvalue weighted by molar-refractivity contribution is 0.0627. The molecule has 0 radical (unpaired) electrons. The number of rotatable bonds is 7. The van der Waals surface area contributed by atoms with Crippen LogP contribution in [0.1, 0.15) is 28.0 Å². The van der Waals surface area contributed by atoms with Crippen LogP contribution in [0.5, 0.6) is 5.75 Å². The lowest BCUT2D eigenvalue weighted by Gasteiger charge is -2.34. The van der Waals surface area contributed by atoms with Crippen LogP contribution in [-0.2, 0) is 23.0 Å². The molecule has 1 amide bonds. The zero-order chi connectivity index (χ0) is 21.0. The second-order valence-electron chi connectivity index (χ2n) is 6.73. The molecule has 1 saturated heterocycles. The summed E-state index contributed by atoms with van der Waals surface area (Å²) in [6, 6.07) is 4.49. The van der Waals surface area contributed by atoms with E-state index in [1.165, 1.54) is 26.3 Å². The van der Waals surface area contributed by atoms with E-state index >= 15 is 0 Å². The minimum Gasteiger partial charge on any atom is -0.495 e. The van der Waals surface area contributed by atoms with Crippen molar-refractivity contribution in [3.05, 3.63) is 39.8 Å². The zero-order valence-electron chi connectivity index (χ0n) is 16.8. The minimum atomic E-state index is -3.73. The predicted molar refractivity (Wildman–Crippen MR) is 112 cm³/mol. The average molecular weight is 439 g/mol. The van der Waals surface area contributed by atoms with Crippen molar-refractivity contribution >= 4 is 27.3 Å². The van der Waals surface area contributed by atoms with Crippen LogP contribution in [0.25, 0.3) is 0 Å². The predicted octanol–water partition coefficient (Wildman–Crippen LogP) is 1.58. The van der Waals surface area contributed by atoms with Gasteiger partial charge >= 0.3 is 0 Å². The quantitative estimate of drug-likeness (QED) is 0.706. The molecule has 158 valence electrons. The van der Waals surface area contributed by atoms with Crippen molar-refractivity contribution in [1.29, 1.82) is 0 Å². The molecule has 2 aromatic rings. The van der Waals surface area contributed by atoms with Gasteiger partial charge in [-0.2, -0.15) is 0 Å². The molecule has 0 atom stereocenters. The van der Waals surface area contributed by atoms with Crippen molar-refractivity contribution in [2.75, 3.05) is 40.3 Å². The number of benzene rings is 1. The SMILES string of the molecule is CCc1nc(CN2CCN(C(=O)c3ccc(OC)c(S(=O)(=O)NC)c3)CC2)cs1. The summed E-state index contributed by atoms with van der Waals surface area (Å²) in [5.74, 6) is 0.0252. The number of aryl methyl sites for hydroxylation is 1. The van der Waals surface area contributed by atoms with Crippen LogP contribution in [0.2, 0.25) is 0 Å². The van der Waals surface area contributed by atoms with Crippen molar-refractivity contribution in [1.82, 2.24) is 19.5 Å². The fraction of sp³-hybridized carbons (Fsp3) is 0.474. The van der Waals surface area contributed by atoms with Crippen LogP contribution in [-0.4, -0.2) is 69.4 Å². The van der Waals surface area contributed by atoms with Gasteiger partial charge in [0.15, 0.2) is 0 Å². The van der Waals surface area contributed by atoms with Crippen LogP contribution >= 0.6 is 11.3 Å². The molecule has 1 aliphatic heterocycles. The van der Waals surface area contributed by atoms with Gasteiger partial charge < -0.3 is 9.64 Å². The van der Waals surface area contributed by atoms with Gasteiger partial charge in [0.25, 0.3) is 5.91 Å². The molecule has 8 nitrogen and oxygen atoms in total. The summed E-state index contributed by atoms with van der Waals surface area (Å²) in [5.41, 5.74) is 1.41. The van der Waals surface area contributed by atoms with Crippen LogP contribution in [0.4, 0.5) is 0 Å². The van der Waals surface area contributed by atoms with Gasteiger partial charge in [0.2, 0.25) is 10.0 Å². The van der Waals surface area contributed by atoms with Gasteiger partial charge in [-0.05, 0) is 31.7 Å². The number of carbonyl (C=O) groups is 1. The molecule has 10 heteroatoms. The van der Waals surface area contributed by atoms with Gasteiger partial charge in [0.05, 0.1) is 17.8 Å². The molecule has 1 fully saturated rings. The van der Waals surface area contributed by atoms with Gasteiger partial charge in [-0.1, -0.05) is 6.92 Å². The lowest BCUT2D eigenvalue weighted by Crippen LogP contribution is -2.48. The number of nitrogens with zero attached hydrogens (tertiary/aromatic N) is 3. The molecule has 1 N–H and O–H groups in total. The van der Waals surface area contributed by atoms with Crippen molar-refractivity contribution in [3.63, 3.8) is 0 Å². The Labute approximate surface area is 175 Å². The van der Waals surface area contributed by atoms with Crippen molar-refractivity contribution in [2.24, 2.45) is 0 Å². The first-order valence-electron chi connectivity index (χ1n) is 9.44. The maximum absolute atomic E-state index is 12.9. The van der Waals surface area contributed by atoms with Gasteiger partial charge in [0, 0.05) is 43.7 Å². The van der Waals surface area contributed by atoms with Crippen LogP contribution in [0, 0.1) is 0 Å². The Morgan fingerprint density at radius 1 is 1.28 bits per heavy atom. The summed E-state index contributed by atoms with van der Waals surface area (Å²) in [5, 5.41) is 3.23. The minimum absolute atomic E-state index is 0.0396. The fourth-order valence-corrected chi connectivity index (χ4v) is 4.89. The number of thiazole rings is 1. The number of ether oxygens (including phenoxy) is 1. The number of hydrogen-bond donors (Lipinski definition) is 1. The molecule has 1 aliphatic rings. The largest absolute Gasteiger partial charge is 0.495 e. The van der Waals surface area contributed by atoms with Crippen LogP contribution in [0.15, 0.2) is 28.5 Å². The Bertz CT molecular complexity index is 966. The summed E-state index contributed by atoms with van der Waals surface area (Å²) in [7, 11) is -1.00. The molecular formula is C19H26N4O4S2. The molecule has 3 rings (SSSR count). The lowest BCUT2D eigenvalue weighted by atomic mass is 10.1. The highest BCUT2D eigenvalue weighted by molar-refractivity contribution is 7.89. The Balaban J connectivity index is 1.66. The molecular weight excluding hydrogens is 412 g/mol. The summed E-state index contributed by atoms with van der Waals surface area (Å²) < 4.78 is 31.9. The van der Waals surface area contributed by atoms with E-state index in [0.29, 0.717) is 18.7 Å². The Hall–Kier alpha value is -2.01. The highest BCUT2D eigenvalue weighted by Gasteiger charge is 2.25. The number of hydrogen-bond acceptors (Lipinski definition) is 7. The van der Waals surface area contributed by atoms with Crippen molar-refractivity contribution in [2.45, 2.75) is 24.8 Å². The van der Waals surface area contributed by atoms with E-state index in [1.54, 1.807) is 22.3 Å².